The molecule has 1 saturated heterocycles. The highest BCUT2D eigenvalue weighted by atomic mass is 35.5. The number of anilines is 1. The van der Waals surface area contributed by atoms with Crippen LogP contribution in [-0.2, 0) is 11.3 Å². The summed E-state index contributed by atoms with van der Waals surface area (Å²) in [7, 11) is 1.53. The van der Waals surface area contributed by atoms with Gasteiger partial charge in [0.1, 0.15) is 16.9 Å². The topological polar surface area (TPSA) is 71.8 Å². The lowest BCUT2D eigenvalue weighted by Gasteiger charge is -2.23. The Labute approximate surface area is 183 Å². The fraction of sp³-hybridized carbons (Fsp3) is 0.182. The highest BCUT2D eigenvalue weighted by Gasteiger charge is 2.33. The second-order valence-electron chi connectivity index (χ2n) is 6.69. The van der Waals surface area contributed by atoms with E-state index in [1.807, 2.05) is 18.2 Å². The van der Waals surface area contributed by atoms with Crippen molar-refractivity contribution in [3.05, 3.63) is 82.8 Å². The Hall–Kier alpha value is -2.90. The first-order chi connectivity index (χ1) is 14.5. The summed E-state index contributed by atoms with van der Waals surface area (Å²) in [5.74, 6) is 1.53. The maximum Gasteiger partial charge on any atom is 0.255 e. The van der Waals surface area contributed by atoms with E-state index >= 15 is 0 Å². The van der Waals surface area contributed by atoms with Gasteiger partial charge in [0.05, 0.1) is 30.7 Å². The number of rotatable bonds is 6. The lowest BCUT2D eigenvalue weighted by atomic mass is 10.1. The largest absolute Gasteiger partial charge is 0.495 e. The summed E-state index contributed by atoms with van der Waals surface area (Å²) in [5.41, 5.74) is 2.05. The Bertz CT molecular complexity index is 1050. The number of halogens is 1. The molecule has 1 aliphatic rings. The Morgan fingerprint density at radius 2 is 2.07 bits per heavy atom. The molecule has 2 aromatic carbocycles. The van der Waals surface area contributed by atoms with Gasteiger partial charge in [-0.05, 0) is 48.0 Å². The van der Waals surface area contributed by atoms with Crippen molar-refractivity contribution in [2.75, 3.05) is 18.2 Å². The minimum Gasteiger partial charge on any atom is -0.495 e. The zero-order valence-corrected chi connectivity index (χ0v) is 17.7. The van der Waals surface area contributed by atoms with Gasteiger partial charge in [0.2, 0.25) is 5.91 Å². The summed E-state index contributed by atoms with van der Waals surface area (Å²) in [4.78, 5) is 26.7. The van der Waals surface area contributed by atoms with Crippen LogP contribution < -0.4 is 10.1 Å². The van der Waals surface area contributed by atoms with Gasteiger partial charge in [0.15, 0.2) is 0 Å². The number of hydrogen-bond donors (Lipinski definition) is 1. The average molecular weight is 443 g/mol. The average Bonchev–Trinajstić information content (AvgIpc) is 3.39. The number of ether oxygens (including phenoxy) is 1. The van der Waals surface area contributed by atoms with Crippen molar-refractivity contribution < 1.29 is 18.7 Å². The van der Waals surface area contributed by atoms with E-state index in [1.54, 1.807) is 59.3 Å². The minimum absolute atomic E-state index is 0.0691. The van der Waals surface area contributed by atoms with E-state index in [4.69, 9.17) is 20.8 Å². The van der Waals surface area contributed by atoms with Gasteiger partial charge in [-0.3, -0.25) is 9.59 Å². The van der Waals surface area contributed by atoms with Crippen LogP contribution in [0.2, 0.25) is 5.02 Å². The number of methoxy groups -OCH3 is 1. The number of carbonyl (C=O) groups is 2. The van der Waals surface area contributed by atoms with E-state index in [0.29, 0.717) is 34.3 Å². The molecule has 1 N–H and O–H groups in total. The SMILES string of the molecule is COc1ccc(NC(=O)c2ccc(C3SCC(=O)N3Cc3ccco3)cc2)cc1Cl. The minimum atomic E-state index is -0.245. The number of nitrogens with zero attached hydrogens (tertiary/aromatic N) is 1. The lowest BCUT2D eigenvalue weighted by Crippen LogP contribution is -2.27. The molecule has 6 nitrogen and oxygen atoms in total. The standard InChI is InChI=1S/C22H19ClN2O4S/c1-28-19-9-8-16(11-18(19)23)24-21(27)14-4-6-15(7-5-14)22-25(20(26)13-30-22)12-17-3-2-10-29-17/h2-11,22H,12-13H2,1H3,(H,24,27). The lowest BCUT2D eigenvalue weighted by molar-refractivity contribution is -0.128. The normalized spacial score (nSPS) is 16.0. The van der Waals surface area contributed by atoms with Gasteiger partial charge in [0.25, 0.3) is 5.91 Å². The smallest absolute Gasteiger partial charge is 0.255 e. The van der Waals surface area contributed by atoms with Gasteiger partial charge in [-0.1, -0.05) is 23.7 Å². The summed E-state index contributed by atoms with van der Waals surface area (Å²) in [6.07, 6.45) is 1.60. The molecule has 1 aromatic heterocycles. The summed E-state index contributed by atoms with van der Waals surface area (Å²) in [5, 5.41) is 3.13. The Kier molecular flexibility index (Phi) is 6.01. The predicted molar refractivity (Wildman–Crippen MR) is 117 cm³/mol. The fourth-order valence-corrected chi connectivity index (χ4v) is 4.66. The van der Waals surface area contributed by atoms with Crippen LogP contribution in [0.4, 0.5) is 5.69 Å². The molecular weight excluding hydrogens is 424 g/mol. The highest BCUT2D eigenvalue weighted by molar-refractivity contribution is 8.00. The zero-order valence-electron chi connectivity index (χ0n) is 16.1. The van der Waals surface area contributed by atoms with Gasteiger partial charge < -0.3 is 19.4 Å². The van der Waals surface area contributed by atoms with Crippen LogP contribution in [0.5, 0.6) is 5.75 Å². The fourth-order valence-electron chi connectivity index (χ4n) is 3.22. The van der Waals surface area contributed by atoms with Crippen LogP contribution in [-0.4, -0.2) is 29.6 Å². The molecule has 0 aliphatic carbocycles. The summed E-state index contributed by atoms with van der Waals surface area (Å²) in [6, 6.07) is 16.0. The first-order valence-corrected chi connectivity index (χ1v) is 10.7. The van der Waals surface area contributed by atoms with Gasteiger partial charge in [-0.25, -0.2) is 0 Å². The third-order valence-electron chi connectivity index (χ3n) is 4.74. The first kappa shape index (κ1) is 20.4. The van der Waals surface area contributed by atoms with Gasteiger partial charge in [-0.15, -0.1) is 11.8 Å². The molecule has 0 spiro atoms. The van der Waals surface area contributed by atoms with E-state index in [2.05, 4.69) is 5.32 Å². The van der Waals surface area contributed by atoms with Gasteiger partial charge in [0, 0.05) is 11.3 Å². The molecule has 1 unspecified atom stereocenters. The van der Waals surface area contributed by atoms with Gasteiger partial charge in [-0.2, -0.15) is 0 Å². The van der Waals surface area contributed by atoms with Crippen molar-refractivity contribution in [3.63, 3.8) is 0 Å². The molecular formula is C22H19ClN2O4S. The first-order valence-electron chi connectivity index (χ1n) is 9.23. The molecule has 0 bridgehead atoms. The van der Waals surface area contributed by atoms with E-state index in [-0.39, 0.29) is 17.2 Å². The van der Waals surface area contributed by atoms with Crippen LogP contribution >= 0.6 is 23.4 Å². The van der Waals surface area contributed by atoms with Crippen LogP contribution in [0.25, 0.3) is 0 Å². The van der Waals surface area contributed by atoms with Crippen LogP contribution in [0.15, 0.2) is 65.3 Å². The molecule has 30 heavy (non-hydrogen) atoms. The molecule has 1 atom stereocenters. The number of furan rings is 1. The molecule has 0 radical (unpaired) electrons. The monoisotopic (exact) mass is 442 g/mol. The van der Waals surface area contributed by atoms with E-state index in [0.717, 1.165) is 11.3 Å². The number of nitrogens with one attached hydrogen (secondary N) is 1. The number of benzene rings is 2. The number of thioether (sulfide) groups is 1. The molecule has 0 saturated carbocycles. The third kappa shape index (κ3) is 4.32. The summed E-state index contributed by atoms with van der Waals surface area (Å²) < 4.78 is 10.5. The molecule has 8 heteroatoms. The second-order valence-corrected chi connectivity index (χ2v) is 8.17. The van der Waals surface area contributed by atoms with E-state index in [9.17, 15) is 9.59 Å². The second kappa shape index (κ2) is 8.85. The summed E-state index contributed by atoms with van der Waals surface area (Å²) in [6.45, 7) is 0.421. The van der Waals surface area contributed by atoms with Crippen LogP contribution in [0.1, 0.15) is 27.1 Å². The zero-order chi connectivity index (χ0) is 21.1. The van der Waals surface area contributed by atoms with E-state index in [1.165, 1.54) is 7.11 Å². The molecule has 2 heterocycles. The summed E-state index contributed by atoms with van der Waals surface area (Å²) >= 11 is 7.67. The Morgan fingerprint density at radius 3 is 2.73 bits per heavy atom. The highest BCUT2D eigenvalue weighted by Crippen LogP contribution is 2.39. The number of carbonyl (C=O) groups excluding carboxylic acids is 2. The third-order valence-corrected chi connectivity index (χ3v) is 6.29. The van der Waals surface area contributed by atoms with Crippen LogP contribution in [0.3, 0.4) is 0 Å². The van der Waals surface area contributed by atoms with Crippen molar-refractivity contribution >= 4 is 40.9 Å². The molecule has 1 fully saturated rings. The molecule has 4 rings (SSSR count). The maximum absolute atomic E-state index is 12.6. The van der Waals surface area contributed by atoms with Crippen molar-refractivity contribution in [2.45, 2.75) is 11.9 Å². The molecule has 154 valence electrons. The van der Waals surface area contributed by atoms with Crippen LogP contribution in [0, 0.1) is 0 Å². The van der Waals surface area contributed by atoms with Crippen molar-refractivity contribution in [2.24, 2.45) is 0 Å². The van der Waals surface area contributed by atoms with E-state index < -0.39 is 0 Å². The quantitative estimate of drug-likeness (QED) is 0.583. The Morgan fingerprint density at radius 1 is 1.27 bits per heavy atom. The predicted octanol–water partition coefficient (Wildman–Crippen LogP) is 4.97. The van der Waals surface area contributed by atoms with Crippen molar-refractivity contribution in [3.8, 4) is 5.75 Å². The molecule has 1 aliphatic heterocycles. The van der Waals surface area contributed by atoms with Crippen molar-refractivity contribution in [1.82, 2.24) is 4.90 Å². The van der Waals surface area contributed by atoms with Gasteiger partial charge >= 0.3 is 0 Å². The van der Waals surface area contributed by atoms with Crippen molar-refractivity contribution in [1.29, 1.82) is 0 Å². The Balaban J connectivity index is 1.46. The molecule has 2 amide bonds. The number of amides is 2. The number of hydrogen-bond acceptors (Lipinski definition) is 5. The molecule has 3 aromatic rings. The maximum atomic E-state index is 12.6.